The molecule has 2 aliphatic rings. The normalized spacial score (nSPS) is 18.3. The molecule has 1 aliphatic heterocycles. The molecule has 0 saturated heterocycles. The number of aryl methyl sites for hydroxylation is 1. The van der Waals surface area contributed by atoms with Crippen molar-refractivity contribution in [3.8, 4) is 0 Å². The van der Waals surface area contributed by atoms with E-state index in [0.29, 0.717) is 30.3 Å². The number of anilines is 1. The highest BCUT2D eigenvalue weighted by molar-refractivity contribution is 7.92. The van der Waals surface area contributed by atoms with Crippen LogP contribution in [-0.2, 0) is 16.4 Å². The lowest BCUT2D eigenvalue weighted by atomic mass is 10.0. The molecule has 0 spiro atoms. The number of nitrogens with one attached hydrogen (secondary N) is 1. The summed E-state index contributed by atoms with van der Waals surface area (Å²) < 4.78 is 25.1. The highest BCUT2D eigenvalue weighted by atomic mass is 35.5. The molecule has 0 aromatic heterocycles. The largest absolute Gasteiger partial charge is 0.350 e. The minimum atomic E-state index is -3.28. The zero-order valence-corrected chi connectivity index (χ0v) is 15.3. The van der Waals surface area contributed by atoms with E-state index in [1.54, 1.807) is 18.2 Å². The third-order valence-corrected chi connectivity index (χ3v) is 5.72. The molecular weight excluding hydrogens is 350 g/mol. The van der Waals surface area contributed by atoms with Crippen LogP contribution in [-0.4, -0.2) is 39.7 Å². The molecule has 3 N–H and O–H groups in total. The van der Waals surface area contributed by atoms with Gasteiger partial charge in [0.15, 0.2) is 0 Å². The molecule has 134 valence electrons. The maximum absolute atomic E-state index is 12.3. The number of nitrogens with two attached hydrogens (primary N) is 1. The van der Waals surface area contributed by atoms with Crippen molar-refractivity contribution in [2.75, 3.05) is 23.7 Å². The van der Waals surface area contributed by atoms with Crippen molar-refractivity contribution in [1.82, 2.24) is 5.32 Å². The van der Waals surface area contributed by atoms with E-state index in [4.69, 9.17) is 5.73 Å². The molecule has 24 heavy (non-hydrogen) atoms. The van der Waals surface area contributed by atoms with E-state index in [2.05, 4.69) is 5.32 Å². The summed E-state index contributed by atoms with van der Waals surface area (Å²) in [6.45, 7) is 0.976. The number of halogens is 1. The number of fused-ring (bicyclic) bond motifs is 1. The molecule has 1 aromatic carbocycles. The van der Waals surface area contributed by atoms with Gasteiger partial charge in [-0.05, 0) is 55.4 Å². The van der Waals surface area contributed by atoms with Gasteiger partial charge in [0, 0.05) is 24.7 Å². The Morgan fingerprint density at radius 3 is 2.75 bits per heavy atom. The summed E-state index contributed by atoms with van der Waals surface area (Å²) in [7, 11) is -3.28. The second-order valence-electron chi connectivity index (χ2n) is 6.49. The number of carbonyl (C=O) groups excluding carboxylic acids is 1. The van der Waals surface area contributed by atoms with Crippen molar-refractivity contribution in [3.05, 3.63) is 29.3 Å². The van der Waals surface area contributed by atoms with Crippen LogP contribution >= 0.6 is 12.4 Å². The van der Waals surface area contributed by atoms with Gasteiger partial charge in [0.25, 0.3) is 5.91 Å². The topological polar surface area (TPSA) is 92.5 Å². The van der Waals surface area contributed by atoms with Gasteiger partial charge in [0.05, 0.1) is 11.9 Å². The number of amides is 1. The molecule has 1 aromatic rings. The first-order valence-electron chi connectivity index (χ1n) is 8.00. The molecule has 1 fully saturated rings. The average Bonchev–Trinajstić information content (AvgIpc) is 3.35. The second kappa shape index (κ2) is 7.29. The van der Waals surface area contributed by atoms with Gasteiger partial charge in [-0.1, -0.05) is 0 Å². The van der Waals surface area contributed by atoms with Crippen LogP contribution in [0.4, 0.5) is 5.69 Å². The molecule has 1 saturated carbocycles. The number of rotatable bonds is 5. The summed E-state index contributed by atoms with van der Waals surface area (Å²) in [6.07, 6.45) is 5.05. The molecule has 8 heteroatoms. The Bertz CT molecular complexity index is 719. The zero-order valence-electron chi connectivity index (χ0n) is 13.7. The van der Waals surface area contributed by atoms with Crippen LogP contribution in [0.2, 0.25) is 0 Å². The predicted molar refractivity (Wildman–Crippen MR) is 97.2 cm³/mol. The van der Waals surface area contributed by atoms with Crippen molar-refractivity contribution >= 4 is 34.0 Å². The minimum Gasteiger partial charge on any atom is -0.350 e. The van der Waals surface area contributed by atoms with Crippen LogP contribution < -0.4 is 15.4 Å². The molecule has 1 heterocycles. The summed E-state index contributed by atoms with van der Waals surface area (Å²) in [4.78, 5) is 12.3. The van der Waals surface area contributed by atoms with Crippen LogP contribution in [0.5, 0.6) is 0 Å². The lowest BCUT2D eigenvalue weighted by Crippen LogP contribution is -2.38. The number of hydrogen-bond donors (Lipinski definition) is 2. The minimum absolute atomic E-state index is 0. The fourth-order valence-electron chi connectivity index (χ4n) is 3.05. The van der Waals surface area contributed by atoms with Crippen molar-refractivity contribution in [2.45, 2.75) is 31.7 Å². The molecule has 6 nitrogen and oxygen atoms in total. The average molecular weight is 374 g/mol. The van der Waals surface area contributed by atoms with E-state index < -0.39 is 10.0 Å². The lowest BCUT2D eigenvalue weighted by molar-refractivity contribution is 0.0950. The third kappa shape index (κ3) is 4.20. The van der Waals surface area contributed by atoms with Gasteiger partial charge in [-0.15, -0.1) is 12.4 Å². The molecule has 0 bridgehead atoms. The number of sulfonamides is 1. The summed E-state index contributed by atoms with van der Waals surface area (Å²) in [5, 5.41) is 2.87. The number of nitrogens with zero attached hydrogens (tertiary/aromatic N) is 1. The van der Waals surface area contributed by atoms with Crippen LogP contribution in [0.15, 0.2) is 18.2 Å². The van der Waals surface area contributed by atoms with E-state index in [9.17, 15) is 13.2 Å². The zero-order chi connectivity index (χ0) is 16.6. The van der Waals surface area contributed by atoms with Gasteiger partial charge in [0.1, 0.15) is 0 Å². The predicted octanol–water partition coefficient (Wildman–Crippen LogP) is 1.29. The van der Waals surface area contributed by atoms with Crippen LogP contribution in [0.3, 0.4) is 0 Å². The summed E-state index contributed by atoms with van der Waals surface area (Å²) >= 11 is 0. The van der Waals surface area contributed by atoms with Gasteiger partial charge in [-0.25, -0.2) is 8.42 Å². The molecule has 1 atom stereocenters. The maximum atomic E-state index is 12.3. The fourth-order valence-corrected chi connectivity index (χ4v) is 4.05. The van der Waals surface area contributed by atoms with Crippen LogP contribution in [0.25, 0.3) is 0 Å². The van der Waals surface area contributed by atoms with Crippen molar-refractivity contribution in [3.63, 3.8) is 0 Å². The summed E-state index contributed by atoms with van der Waals surface area (Å²) in [6, 6.07) is 5.23. The molecule has 3 rings (SSSR count). The second-order valence-corrected chi connectivity index (χ2v) is 8.40. The summed E-state index contributed by atoms with van der Waals surface area (Å²) in [5.41, 5.74) is 8.14. The van der Waals surface area contributed by atoms with Gasteiger partial charge in [-0.3, -0.25) is 9.10 Å². The smallest absolute Gasteiger partial charge is 0.251 e. The van der Waals surface area contributed by atoms with Gasteiger partial charge in [-0.2, -0.15) is 0 Å². The molecule has 1 unspecified atom stereocenters. The molecule has 0 radical (unpaired) electrons. The molecule has 1 aliphatic carbocycles. The monoisotopic (exact) mass is 373 g/mol. The third-order valence-electron chi connectivity index (χ3n) is 4.54. The Kier molecular flexibility index (Phi) is 5.78. The van der Waals surface area contributed by atoms with E-state index in [1.165, 1.54) is 10.6 Å². The van der Waals surface area contributed by atoms with Crippen molar-refractivity contribution in [1.29, 1.82) is 0 Å². The van der Waals surface area contributed by atoms with E-state index in [0.717, 1.165) is 31.2 Å². The van der Waals surface area contributed by atoms with E-state index in [-0.39, 0.29) is 24.4 Å². The first kappa shape index (κ1) is 19.0. The van der Waals surface area contributed by atoms with Crippen molar-refractivity contribution in [2.24, 2.45) is 11.7 Å². The van der Waals surface area contributed by atoms with E-state index in [1.807, 2.05) is 0 Å². The Morgan fingerprint density at radius 1 is 1.42 bits per heavy atom. The highest BCUT2D eigenvalue weighted by Gasteiger charge is 2.29. The SMILES string of the molecule is CS(=O)(=O)N1CCCc2cc(C(=O)NCC(N)C3CC3)ccc21.Cl. The Balaban J connectivity index is 0.00000208. The first-order chi connectivity index (χ1) is 10.9. The Hall–Kier alpha value is -1.31. The maximum Gasteiger partial charge on any atom is 0.251 e. The van der Waals surface area contributed by atoms with Gasteiger partial charge in [0.2, 0.25) is 10.0 Å². The standard InChI is InChI=1S/C16H23N3O3S.ClH/c1-23(21,22)19-8-2-3-12-9-13(6-7-15(12)19)16(20)18-10-14(17)11-4-5-11;/h6-7,9,11,14H,2-5,8,10,17H2,1H3,(H,18,20);1H. The first-order valence-corrected chi connectivity index (χ1v) is 9.85. The van der Waals surface area contributed by atoms with Crippen molar-refractivity contribution < 1.29 is 13.2 Å². The lowest BCUT2D eigenvalue weighted by Gasteiger charge is -2.29. The highest BCUT2D eigenvalue weighted by Crippen LogP contribution is 2.31. The molecular formula is C16H24ClN3O3S. The van der Waals surface area contributed by atoms with E-state index >= 15 is 0 Å². The Labute approximate surface area is 149 Å². The molecule has 1 amide bonds. The number of carbonyl (C=O) groups is 1. The fraction of sp³-hybridized carbons (Fsp3) is 0.562. The van der Waals surface area contributed by atoms with Gasteiger partial charge < -0.3 is 11.1 Å². The Morgan fingerprint density at radius 2 is 2.12 bits per heavy atom. The van der Waals surface area contributed by atoms with Crippen LogP contribution in [0.1, 0.15) is 35.2 Å². The van der Waals surface area contributed by atoms with Gasteiger partial charge >= 0.3 is 0 Å². The quantitative estimate of drug-likeness (QED) is 0.813. The summed E-state index contributed by atoms with van der Waals surface area (Å²) in [5.74, 6) is 0.391. The van der Waals surface area contributed by atoms with Crippen LogP contribution in [0, 0.1) is 5.92 Å². The number of hydrogen-bond acceptors (Lipinski definition) is 4. The number of benzene rings is 1.